The number of anilines is 1. The molecule has 1 unspecified atom stereocenters. The van der Waals surface area contributed by atoms with Crippen LogP contribution in [0.2, 0.25) is 0 Å². The summed E-state index contributed by atoms with van der Waals surface area (Å²) >= 11 is 0. The molecule has 2 N–H and O–H groups in total. The minimum absolute atomic E-state index is 0.0852. The van der Waals surface area contributed by atoms with Gasteiger partial charge in [-0.25, -0.2) is 13.4 Å². The maximum Gasteiger partial charge on any atom is 0.255 e. The van der Waals surface area contributed by atoms with Gasteiger partial charge in [0.05, 0.1) is 11.7 Å². The summed E-state index contributed by atoms with van der Waals surface area (Å²) in [7, 11) is -3.65. The van der Waals surface area contributed by atoms with Crippen LogP contribution in [-0.4, -0.2) is 29.9 Å². The van der Waals surface area contributed by atoms with E-state index in [0.29, 0.717) is 17.8 Å². The summed E-state index contributed by atoms with van der Waals surface area (Å²) in [5.74, 6) is -0.226. The summed E-state index contributed by atoms with van der Waals surface area (Å²) in [4.78, 5) is 16.3. The van der Waals surface area contributed by atoms with E-state index in [-0.39, 0.29) is 11.9 Å². The molecule has 0 bridgehead atoms. The maximum atomic E-state index is 12.4. The van der Waals surface area contributed by atoms with Gasteiger partial charge in [0.15, 0.2) is 0 Å². The molecule has 150 valence electrons. The largest absolute Gasteiger partial charge is 0.348 e. The van der Waals surface area contributed by atoms with Crippen LogP contribution < -0.4 is 10.0 Å². The third kappa shape index (κ3) is 6.32. The van der Waals surface area contributed by atoms with E-state index >= 15 is 0 Å². The van der Waals surface area contributed by atoms with Crippen LogP contribution >= 0.6 is 0 Å². The predicted molar refractivity (Wildman–Crippen MR) is 114 cm³/mol. The molecule has 1 aromatic heterocycles. The van der Waals surface area contributed by atoms with Crippen molar-refractivity contribution in [3.63, 3.8) is 0 Å². The van der Waals surface area contributed by atoms with Gasteiger partial charge in [-0.15, -0.1) is 0 Å². The summed E-state index contributed by atoms with van der Waals surface area (Å²) in [6.45, 7) is 2.51. The Morgan fingerprint density at radius 2 is 1.86 bits per heavy atom. The fraction of sp³-hybridized carbons (Fsp3) is 0.143. The SMILES string of the molecule is CC(Cn1ccnc1)NC(=O)c1ccc(NS(=O)(=O)/C=C/c2ccccc2)cc1. The van der Waals surface area contributed by atoms with Gasteiger partial charge in [-0.05, 0) is 42.8 Å². The summed E-state index contributed by atoms with van der Waals surface area (Å²) < 4.78 is 28.8. The van der Waals surface area contributed by atoms with E-state index in [2.05, 4.69) is 15.0 Å². The van der Waals surface area contributed by atoms with Crippen LogP contribution in [0.15, 0.2) is 78.7 Å². The van der Waals surface area contributed by atoms with Crippen molar-refractivity contribution < 1.29 is 13.2 Å². The Kier molecular flexibility index (Phi) is 6.46. The van der Waals surface area contributed by atoms with Crippen LogP contribution in [0.25, 0.3) is 6.08 Å². The molecule has 3 rings (SSSR count). The van der Waals surface area contributed by atoms with Crippen LogP contribution in [-0.2, 0) is 16.6 Å². The molecule has 1 amide bonds. The van der Waals surface area contributed by atoms with Gasteiger partial charge >= 0.3 is 0 Å². The van der Waals surface area contributed by atoms with Gasteiger partial charge < -0.3 is 9.88 Å². The summed E-state index contributed by atoms with van der Waals surface area (Å²) in [6, 6.07) is 15.3. The Labute approximate surface area is 170 Å². The lowest BCUT2D eigenvalue weighted by atomic mass is 10.2. The topological polar surface area (TPSA) is 93.1 Å². The molecule has 0 aliphatic carbocycles. The Bertz CT molecular complexity index is 1060. The average Bonchev–Trinajstić information content (AvgIpc) is 3.20. The first-order chi connectivity index (χ1) is 13.9. The van der Waals surface area contributed by atoms with E-state index in [0.717, 1.165) is 11.0 Å². The maximum absolute atomic E-state index is 12.4. The molecule has 1 heterocycles. The number of nitrogens with one attached hydrogen (secondary N) is 2. The highest BCUT2D eigenvalue weighted by Crippen LogP contribution is 2.13. The molecule has 2 aromatic carbocycles. The standard InChI is InChI=1S/C21H22N4O3S/c1-17(15-25-13-12-22-16-25)23-21(26)19-7-9-20(10-8-19)24-29(27,28)14-11-18-5-3-2-4-6-18/h2-14,16-17,24H,15H2,1H3,(H,23,26)/b14-11+. The minimum atomic E-state index is -3.65. The first kappa shape index (κ1) is 20.3. The summed E-state index contributed by atoms with van der Waals surface area (Å²) in [6.07, 6.45) is 6.72. The van der Waals surface area contributed by atoms with E-state index in [1.807, 2.05) is 48.0 Å². The lowest BCUT2D eigenvalue weighted by Gasteiger charge is -2.14. The van der Waals surface area contributed by atoms with Crippen molar-refractivity contribution in [2.24, 2.45) is 0 Å². The number of benzene rings is 2. The molecule has 3 aromatic rings. The number of sulfonamides is 1. The molecule has 0 aliphatic heterocycles. The van der Waals surface area contributed by atoms with E-state index in [1.165, 1.54) is 6.08 Å². The number of rotatable bonds is 8. The van der Waals surface area contributed by atoms with Gasteiger partial charge in [0.1, 0.15) is 0 Å². The van der Waals surface area contributed by atoms with Gasteiger partial charge in [0, 0.05) is 36.2 Å². The Balaban J connectivity index is 1.57. The van der Waals surface area contributed by atoms with Gasteiger partial charge in [0.25, 0.3) is 15.9 Å². The first-order valence-corrected chi connectivity index (χ1v) is 10.6. The fourth-order valence-electron chi connectivity index (χ4n) is 2.68. The van der Waals surface area contributed by atoms with Gasteiger partial charge in [-0.1, -0.05) is 30.3 Å². The molecule has 1 atom stereocenters. The number of aromatic nitrogens is 2. The van der Waals surface area contributed by atoms with E-state index in [1.54, 1.807) is 36.8 Å². The van der Waals surface area contributed by atoms with Gasteiger partial charge in [0.2, 0.25) is 0 Å². The Morgan fingerprint density at radius 1 is 1.14 bits per heavy atom. The molecular formula is C21H22N4O3S. The monoisotopic (exact) mass is 410 g/mol. The first-order valence-electron chi connectivity index (χ1n) is 9.04. The van der Waals surface area contributed by atoms with Crippen LogP contribution in [0.4, 0.5) is 5.69 Å². The number of hydrogen-bond donors (Lipinski definition) is 2. The highest BCUT2D eigenvalue weighted by molar-refractivity contribution is 7.95. The smallest absolute Gasteiger partial charge is 0.255 e. The van der Waals surface area contributed by atoms with Crippen LogP contribution in [0.3, 0.4) is 0 Å². The van der Waals surface area contributed by atoms with Crippen molar-refractivity contribution in [2.45, 2.75) is 19.5 Å². The number of amides is 1. The lowest BCUT2D eigenvalue weighted by molar-refractivity contribution is 0.0936. The average molecular weight is 410 g/mol. The van der Waals surface area contributed by atoms with Crippen LogP contribution in [0.5, 0.6) is 0 Å². The zero-order chi connectivity index (χ0) is 20.7. The van der Waals surface area contributed by atoms with Crippen molar-refractivity contribution in [3.05, 3.63) is 89.9 Å². The van der Waals surface area contributed by atoms with Gasteiger partial charge in [-0.3, -0.25) is 9.52 Å². The number of carbonyl (C=O) groups is 1. The van der Waals surface area contributed by atoms with E-state index in [9.17, 15) is 13.2 Å². The van der Waals surface area contributed by atoms with Crippen molar-refractivity contribution in [2.75, 3.05) is 4.72 Å². The van der Waals surface area contributed by atoms with Crippen molar-refractivity contribution in [1.82, 2.24) is 14.9 Å². The Hall–Kier alpha value is -3.39. The second-order valence-electron chi connectivity index (χ2n) is 6.57. The van der Waals surface area contributed by atoms with Crippen LogP contribution in [0, 0.1) is 0 Å². The van der Waals surface area contributed by atoms with Crippen molar-refractivity contribution in [3.8, 4) is 0 Å². The highest BCUT2D eigenvalue weighted by Gasteiger charge is 2.11. The fourth-order valence-corrected chi connectivity index (χ4v) is 3.55. The molecule has 7 nitrogen and oxygen atoms in total. The molecular weight excluding hydrogens is 388 g/mol. The molecule has 0 aliphatic rings. The second kappa shape index (κ2) is 9.20. The van der Waals surface area contributed by atoms with Gasteiger partial charge in [-0.2, -0.15) is 0 Å². The molecule has 0 saturated carbocycles. The van der Waals surface area contributed by atoms with Crippen molar-refractivity contribution >= 4 is 27.7 Å². The number of nitrogens with zero attached hydrogens (tertiary/aromatic N) is 2. The number of hydrogen-bond acceptors (Lipinski definition) is 4. The number of carbonyl (C=O) groups excluding carboxylic acids is 1. The van der Waals surface area contributed by atoms with E-state index in [4.69, 9.17) is 0 Å². The van der Waals surface area contributed by atoms with Crippen LogP contribution in [0.1, 0.15) is 22.8 Å². The number of imidazole rings is 1. The third-order valence-corrected chi connectivity index (χ3v) is 5.08. The molecule has 0 fully saturated rings. The Morgan fingerprint density at radius 3 is 2.52 bits per heavy atom. The second-order valence-corrected chi connectivity index (χ2v) is 8.14. The molecule has 29 heavy (non-hydrogen) atoms. The molecule has 8 heteroatoms. The zero-order valence-electron chi connectivity index (χ0n) is 15.9. The quantitative estimate of drug-likeness (QED) is 0.597. The minimum Gasteiger partial charge on any atom is -0.348 e. The summed E-state index contributed by atoms with van der Waals surface area (Å²) in [5, 5.41) is 4.02. The van der Waals surface area contributed by atoms with Crippen molar-refractivity contribution in [1.29, 1.82) is 0 Å². The lowest BCUT2D eigenvalue weighted by Crippen LogP contribution is -2.35. The summed E-state index contributed by atoms with van der Waals surface area (Å²) in [5.41, 5.74) is 1.62. The molecule has 0 saturated heterocycles. The normalized spacial score (nSPS) is 12.6. The third-order valence-electron chi connectivity index (χ3n) is 4.07. The van der Waals surface area contributed by atoms with E-state index < -0.39 is 10.0 Å². The zero-order valence-corrected chi connectivity index (χ0v) is 16.7. The highest BCUT2D eigenvalue weighted by atomic mass is 32.2. The predicted octanol–water partition coefficient (Wildman–Crippen LogP) is 3.11. The molecule has 0 spiro atoms. The molecule has 0 radical (unpaired) electrons.